The third-order valence-corrected chi connectivity index (χ3v) is 4.26. The first-order valence-electron chi connectivity index (χ1n) is 6.49. The smallest absolute Gasteiger partial charge is 0.119 e. The molecule has 0 aliphatic carbocycles. The van der Waals surface area contributed by atoms with Crippen molar-refractivity contribution < 1.29 is 4.74 Å². The highest BCUT2D eigenvalue weighted by Gasteiger charge is 2.19. The monoisotopic (exact) mass is 266 g/mol. The number of hydrogen-bond donors (Lipinski definition) is 1. The number of likely N-dealkylation sites (N-methyl/N-ethyl adjacent to an activating group) is 1. The van der Waals surface area contributed by atoms with Crippen LogP contribution in [0.5, 0.6) is 5.75 Å². The number of thioether (sulfide) groups is 1. The number of hydrogen-bond acceptors (Lipinski definition) is 4. The van der Waals surface area contributed by atoms with Gasteiger partial charge in [0.1, 0.15) is 5.75 Å². The Bertz CT molecular complexity index is 367. The van der Waals surface area contributed by atoms with Crippen LogP contribution in [0.3, 0.4) is 0 Å². The largest absolute Gasteiger partial charge is 0.491 e. The molecule has 0 radical (unpaired) electrons. The molecule has 0 spiro atoms. The molecule has 0 bridgehead atoms. The quantitative estimate of drug-likeness (QED) is 0.904. The van der Waals surface area contributed by atoms with Crippen LogP contribution in [0, 0.1) is 0 Å². The minimum Gasteiger partial charge on any atom is -0.491 e. The molecule has 100 valence electrons. The summed E-state index contributed by atoms with van der Waals surface area (Å²) in [5.41, 5.74) is 0. The Labute approximate surface area is 114 Å². The molecule has 1 aliphatic heterocycles. The lowest BCUT2D eigenvalue weighted by Gasteiger charge is -2.32. The number of benzene rings is 1. The number of nitrogens with one attached hydrogen (secondary N) is 1. The van der Waals surface area contributed by atoms with Gasteiger partial charge in [0, 0.05) is 24.5 Å². The third kappa shape index (κ3) is 3.90. The van der Waals surface area contributed by atoms with Gasteiger partial charge in [0.25, 0.3) is 0 Å². The number of ether oxygens (including phenoxy) is 1. The Hall–Kier alpha value is -0.710. The second-order valence-electron chi connectivity index (χ2n) is 4.90. The van der Waals surface area contributed by atoms with Crippen molar-refractivity contribution in [3.05, 3.63) is 24.3 Å². The lowest BCUT2D eigenvalue weighted by molar-refractivity contribution is 0.242. The van der Waals surface area contributed by atoms with E-state index in [-0.39, 0.29) is 6.10 Å². The first-order valence-corrected chi connectivity index (χ1v) is 7.37. The molecule has 1 unspecified atom stereocenters. The molecule has 1 N–H and O–H groups in total. The standard InChI is InChI=1S/C14H22N2OS/c1-11(2)17-12-4-6-13(7-5-12)18-14-10-15-8-9-16(14)3/h4-7,11,14-15H,8-10H2,1-3H3. The van der Waals surface area contributed by atoms with Crippen LogP contribution in [0.15, 0.2) is 29.2 Å². The highest BCUT2D eigenvalue weighted by Crippen LogP contribution is 2.27. The van der Waals surface area contributed by atoms with Crippen LogP contribution in [-0.2, 0) is 0 Å². The van der Waals surface area contributed by atoms with E-state index in [1.165, 1.54) is 4.90 Å². The molecule has 1 heterocycles. The Morgan fingerprint density at radius 3 is 2.67 bits per heavy atom. The predicted molar refractivity (Wildman–Crippen MR) is 77.4 cm³/mol. The molecule has 1 aromatic carbocycles. The van der Waals surface area contributed by atoms with E-state index in [0.717, 1.165) is 25.4 Å². The van der Waals surface area contributed by atoms with E-state index in [1.807, 2.05) is 25.6 Å². The van der Waals surface area contributed by atoms with E-state index in [4.69, 9.17) is 4.74 Å². The van der Waals surface area contributed by atoms with Crippen LogP contribution in [0.2, 0.25) is 0 Å². The van der Waals surface area contributed by atoms with E-state index in [9.17, 15) is 0 Å². The molecule has 0 aromatic heterocycles. The van der Waals surface area contributed by atoms with E-state index in [2.05, 4.69) is 41.5 Å². The molecule has 4 heteroatoms. The third-order valence-electron chi connectivity index (χ3n) is 2.92. The molecule has 1 fully saturated rings. The Balaban J connectivity index is 1.93. The van der Waals surface area contributed by atoms with Crippen molar-refractivity contribution in [2.45, 2.75) is 30.2 Å². The van der Waals surface area contributed by atoms with E-state index in [1.54, 1.807) is 0 Å². The van der Waals surface area contributed by atoms with Gasteiger partial charge in [-0.3, -0.25) is 4.90 Å². The van der Waals surface area contributed by atoms with Crippen molar-refractivity contribution in [3.8, 4) is 5.75 Å². The number of piperazine rings is 1. The Kier molecular flexibility index (Phi) is 4.92. The molecular formula is C14H22N2OS. The molecule has 3 nitrogen and oxygen atoms in total. The van der Waals surface area contributed by atoms with E-state index < -0.39 is 0 Å². The first-order chi connectivity index (χ1) is 8.65. The van der Waals surface area contributed by atoms with Crippen LogP contribution >= 0.6 is 11.8 Å². The van der Waals surface area contributed by atoms with Crippen LogP contribution < -0.4 is 10.1 Å². The normalized spacial score (nSPS) is 21.2. The van der Waals surface area contributed by atoms with E-state index in [0.29, 0.717) is 5.37 Å². The van der Waals surface area contributed by atoms with Gasteiger partial charge in [-0.25, -0.2) is 0 Å². The van der Waals surface area contributed by atoms with Gasteiger partial charge in [-0.1, -0.05) is 0 Å². The average Bonchev–Trinajstić information content (AvgIpc) is 2.34. The average molecular weight is 266 g/mol. The topological polar surface area (TPSA) is 24.5 Å². The Morgan fingerprint density at radius 1 is 1.33 bits per heavy atom. The lowest BCUT2D eigenvalue weighted by Crippen LogP contribution is -2.47. The van der Waals surface area contributed by atoms with Gasteiger partial charge in [-0.2, -0.15) is 0 Å². The second kappa shape index (κ2) is 6.45. The summed E-state index contributed by atoms with van der Waals surface area (Å²) in [6.07, 6.45) is 0.234. The summed E-state index contributed by atoms with van der Waals surface area (Å²) < 4.78 is 5.65. The molecule has 0 amide bonds. The number of nitrogens with zero attached hydrogens (tertiary/aromatic N) is 1. The van der Waals surface area contributed by atoms with Crippen LogP contribution in [0.25, 0.3) is 0 Å². The minimum absolute atomic E-state index is 0.234. The molecule has 1 aromatic rings. The van der Waals surface area contributed by atoms with Crippen LogP contribution in [0.1, 0.15) is 13.8 Å². The van der Waals surface area contributed by atoms with Gasteiger partial charge >= 0.3 is 0 Å². The summed E-state index contributed by atoms with van der Waals surface area (Å²) in [7, 11) is 2.19. The van der Waals surface area contributed by atoms with Gasteiger partial charge in [-0.05, 0) is 45.2 Å². The van der Waals surface area contributed by atoms with Gasteiger partial charge in [0.2, 0.25) is 0 Å². The van der Waals surface area contributed by atoms with Gasteiger partial charge in [-0.15, -0.1) is 11.8 Å². The molecule has 1 atom stereocenters. The summed E-state index contributed by atoms with van der Waals surface area (Å²) >= 11 is 1.91. The van der Waals surface area contributed by atoms with Crippen molar-refractivity contribution in [2.75, 3.05) is 26.7 Å². The van der Waals surface area contributed by atoms with Crippen molar-refractivity contribution in [2.24, 2.45) is 0 Å². The predicted octanol–water partition coefficient (Wildman–Crippen LogP) is 2.43. The zero-order valence-electron chi connectivity index (χ0n) is 11.3. The minimum atomic E-state index is 0.234. The second-order valence-corrected chi connectivity index (χ2v) is 6.15. The molecule has 0 saturated carbocycles. The first kappa shape index (κ1) is 13.7. The zero-order chi connectivity index (χ0) is 13.0. The summed E-state index contributed by atoms with van der Waals surface area (Å²) in [6, 6.07) is 8.40. The maximum Gasteiger partial charge on any atom is 0.119 e. The maximum atomic E-state index is 5.65. The summed E-state index contributed by atoms with van der Waals surface area (Å²) in [6.45, 7) is 7.35. The molecule has 2 rings (SSSR count). The van der Waals surface area contributed by atoms with Crippen molar-refractivity contribution >= 4 is 11.8 Å². The summed E-state index contributed by atoms with van der Waals surface area (Å²) in [5.74, 6) is 0.949. The highest BCUT2D eigenvalue weighted by molar-refractivity contribution is 7.99. The fourth-order valence-electron chi connectivity index (χ4n) is 1.94. The maximum absolute atomic E-state index is 5.65. The van der Waals surface area contributed by atoms with E-state index >= 15 is 0 Å². The summed E-state index contributed by atoms with van der Waals surface area (Å²) in [5, 5.41) is 3.96. The van der Waals surface area contributed by atoms with Gasteiger partial charge in [0.15, 0.2) is 0 Å². The Morgan fingerprint density at radius 2 is 2.06 bits per heavy atom. The molecule has 18 heavy (non-hydrogen) atoms. The molecular weight excluding hydrogens is 244 g/mol. The number of rotatable bonds is 4. The fraction of sp³-hybridized carbons (Fsp3) is 0.571. The van der Waals surface area contributed by atoms with Gasteiger partial charge < -0.3 is 10.1 Å². The molecule has 1 saturated heterocycles. The van der Waals surface area contributed by atoms with Crippen LogP contribution in [-0.4, -0.2) is 43.1 Å². The van der Waals surface area contributed by atoms with Crippen molar-refractivity contribution in [1.29, 1.82) is 0 Å². The fourth-order valence-corrected chi connectivity index (χ4v) is 3.03. The van der Waals surface area contributed by atoms with Gasteiger partial charge in [0.05, 0.1) is 11.5 Å². The lowest BCUT2D eigenvalue weighted by atomic mass is 10.3. The zero-order valence-corrected chi connectivity index (χ0v) is 12.2. The van der Waals surface area contributed by atoms with Crippen LogP contribution in [0.4, 0.5) is 0 Å². The van der Waals surface area contributed by atoms with Crippen molar-refractivity contribution in [1.82, 2.24) is 10.2 Å². The SMILES string of the molecule is CC(C)Oc1ccc(SC2CNCCN2C)cc1. The van der Waals surface area contributed by atoms with Crippen molar-refractivity contribution in [3.63, 3.8) is 0 Å². The molecule has 1 aliphatic rings. The highest BCUT2D eigenvalue weighted by atomic mass is 32.2. The summed E-state index contributed by atoms with van der Waals surface area (Å²) in [4.78, 5) is 3.70.